The van der Waals surface area contributed by atoms with Gasteiger partial charge in [0.2, 0.25) is 0 Å². The fraction of sp³-hybridized carbons (Fsp3) is 0.417. The third-order valence-electron chi connectivity index (χ3n) is 1.89. The van der Waals surface area contributed by atoms with Crippen molar-refractivity contribution in [2.45, 2.75) is 26.6 Å². The van der Waals surface area contributed by atoms with Crippen molar-refractivity contribution in [2.75, 3.05) is 6.26 Å². The molecule has 0 radical (unpaired) electrons. The highest BCUT2D eigenvalue weighted by molar-refractivity contribution is 8.36. The first-order valence-corrected chi connectivity index (χ1v) is 7.80. The van der Waals surface area contributed by atoms with Crippen LogP contribution in [0.2, 0.25) is 0 Å². The highest BCUT2D eigenvalue weighted by atomic mass is 32.8. The molecular weight excluding hydrogens is 256 g/mol. The van der Waals surface area contributed by atoms with E-state index in [0.29, 0.717) is 0 Å². The van der Waals surface area contributed by atoms with Crippen molar-refractivity contribution in [1.82, 2.24) is 0 Å². The van der Waals surface area contributed by atoms with E-state index >= 15 is 0 Å². The molecule has 0 aliphatic carbocycles. The van der Waals surface area contributed by atoms with Crippen LogP contribution in [0, 0.1) is 0 Å². The Labute approximate surface area is 109 Å². The summed E-state index contributed by atoms with van der Waals surface area (Å²) in [6, 6.07) is 7.48. The van der Waals surface area contributed by atoms with Crippen LogP contribution in [0.25, 0.3) is 0 Å². The molecule has 0 aromatic heterocycles. The minimum atomic E-state index is -0.749. The summed E-state index contributed by atoms with van der Waals surface area (Å²) in [4.78, 5) is 11.2. The van der Waals surface area contributed by atoms with Gasteiger partial charge in [-0.2, -0.15) is 0 Å². The quantitative estimate of drug-likeness (QED) is 0.790. The Morgan fingerprint density at radius 2 is 1.94 bits per heavy atom. The SMILES string of the molecule is CC(C)Oc1ccc(COC(=O)S(C)=S)cc1. The third-order valence-corrected chi connectivity index (χ3v) is 2.88. The van der Waals surface area contributed by atoms with Crippen molar-refractivity contribution >= 4 is 25.9 Å². The molecule has 0 amide bonds. The Kier molecular flexibility index (Phi) is 5.58. The first-order valence-electron chi connectivity index (χ1n) is 5.25. The van der Waals surface area contributed by atoms with Gasteiger partial charge in [-0.25, -0.2) is 4.79 Å². The number of benzene rings is 1. The van der Waals surface area contributed by atoms with Crippen LogP contribution in [0.1, 0.15) is 19.4 Å². The largest absolute Gasteiger partial charge is 0.491 e. The van der Waals surface area contributed by atoms with Gasteiger partial charge in [0.25, 0.3) is 0 Å². The van der Waals surface area contributed by atoms with E-state index in [1.807, 2.05) is 38.1 Å². The average Bonchev–Trinajstić information content (AvgIpc) is 2.26. The summed E-state index contributed by atoms with van der Waals surface area (Å²) in [5, 5.41) is -0.331. The minimum absolute atomic E-state index is 0.154. The number of hydrogen-bond donors (Lipinski definition) is 0. The lowest BCUT2D eigenvalue weighted by atomic mass is 10.2. The molecule has 0 aliphatic rings. The first-order chi connectivity index (χ1) is 7.99. The van der Waals surface area contributed by atoms with Gasteiger partial charge in [-0.1, -0.05) is 12.1 Å². The van der Waals surface area contributed by atoms with Crippen LogP contribution in [0.15, 0.2) is 24.3 Å². The monoisotopic (exact) mass is 272 g/mol. The summed E-state index contributed by atoms with van der Waals surface area (Å²) in [5.74, 6) is 0.814. The van der Waals surface area contributed by atoms with Crippen LogP contribution < -0.4 is 4.74 Å². The van der Waals surface area contributed by atoms with Crippen molar-refractivity contribution in [3.05, 3.63) is 29.8 Å². The van der Waals surface area contributed by atoms with E-state index in [1.165, 1.54) is 0 Å². The zero-order valence-electron chi connectivity index (χ0n) is 10.1. The molecule has 0 saturated heterocycles. The second kappa shape index (κ2) is 6.71. The lowest BCUT2D eigenvalue weighted by Gasteiger charge is -2.10. The summed E-state index contributed by atoms with van der Waals surface area (Å²) in [6.07, 6.45) is 1.82. The maximum Gasteiger partial charge on any atom is 0.371 e. The van der Waals surface area contributed by atoms with Crippen molar-refractivity contribution in [3.8, 4) is 5.75 Å². The highest BCUT2D eigenvalue weighted by Gasteiger charge is 2.04. The molecule has 0 N–H and O–H groups in total. The Morgan fingerprint density at radius 3 is 2.41 bits per heavy atom. The fourth-order valence-electron chi connectivity index (χ4n) is 1.16. The molecule has 0 saturated carbocycles. The van der Waals surface area contributed by atoms with Crippen LogP contribution >= 0.6 is 0 Å². The number of carbonyl (C=O) groups excluding carboxylic acids is 1. The first kappa shape index (κ1) is 14.1. The Hall–Kier alpha value is -0.940. The predicted octanol–water partition coefficient (Wildman–Crippen LogP) is 2.82. The molecule has 0 heterocycles. The second-order valence-electron chi connectivity index (χ2n) is 3.80. The summed E-state index contributed by atoms with van der Waals surface area (Å²) in [6.45, 7) is 4.21. The number of ether oxygens (including phenoxy) is 2. The number of carbonyl (C=O) groups is 1. The van der Waals surface area contributed by atoms with Crippen molar-refractivity contribution in [1.29, 1.82) is 0 Å². The average molecular weight is 272 g/mol. The molecule has 0 spiro atoms. The van der Waals surface area contributed by atoms with Crippen LogP contribution in [0.4, 0.5) is 4.79 Å². The van der Waals surface area contributed by atoms with E-state index < -0.39 is 9.45 Å². The van der Waals surface area contributed by atoms with Crippen molar-refractivity contribution in [3.63, 3.8) is 0 Å². The van der Waals surface area contributed by atoms with Gasteiger partial charge in [0.05, 0.1) is 6.10 Å². The standard InChI is InChI=1S/C12H16O3S2/c1-9(2)15-11-6-4-10(5-7-11)8-14-12(13)17(3)16/h4-7,9H,8H2,1-3H3. The molecule has 94 valence electrons. The van der Waals surface area contributed by atoms with Gasteiger partial charge in [-0.05, 0) is 58.4 Å². The van der Waals surface area contributed by atoms with Gasteiger partial charge in [-0.3, -0.25) is 0 Å². The molecule has 0 fully saturated rings. The topological polar surface area (TPSA) is 35.5 Å². The molecule has 1 unspecified atom stereocenters. The minimum Gasteiger partial charge on any atom is -0.491 e. The van der Waals surface area contributed by atoms with Crippen LogP contribution in [-0.2, 0) is 32.0 Å². The van der Waals surface area contributed by atoms with Crippen LogP contribution in [0.3, 0.4) is 0 Å². The van der Waals surface area contributed by atoms with E-state index in [0.717, 1.165) is 11.3 Å². The molecular formula is C12H16O3S2. The van der Waals surface area contributed by atoms with E-state index in [-0.39, 0.29) is 18.0 Å². The molecule has 5 heteroatoms. The molecule has 1 aromatic rings. The normalized spacial score (nSPS) is 12.2. The summed E-state index contributed by atoms with van der Waals surface area (Å²) >= 11 is 4.82. The maximum atomic E-state index is 11.2. The summed E-state index contributed by atoms with van der Waals surface area (Å²) in [5.41, 5.74) is 0.926. The Bertz CT molecular complexity index is 399. The zero-order chi connectivity index (χ0) is 12.8. The van der Waals surface area contributed by atoms with Crippen LogP contribution in [0.5, 0.6) is 5.75 Å². The second-order valence-corrected chi connectivity index (χ2v) is 6.54. The van der Waals surface area contributed by atoms with E-state index in [4.69, 9.17) is 20.7 Å². The van der Waals surface area contributed by atoms with Gasteiger partial charge in [0.1, 0.15) is 12.4 Å². The lowest BCUT2D eigenvalue weighted by molar-refractivity contribution is 0.168. The Balaban J connectivity index is 2.51. The summed E-state index contributed by atoms with van der Waals surface area (Å²) in [7, 11) is -0.749. The van der Waals surface area contributed by atoms with E-state index in [2.05, 4.69) is 0 Å². The zero-order valence-corrected chi connectivity index (χ0v) is 11.8. The van der Waals surface area contributed by atoms with Crippen LogP contribution in [-0.4, -0.2) is 17.7 Å². The van der Waals surface area contributed by atoms with Gasteiger partial charge in [0.15, 0.2) is 0 Å². The summed E-state index contributed by atoms with van der Waals surface area (Å²) < 4.78 is 10.5. The number of hydrogen-bond acceptors (Lipinski definition) is 4. The molecule has 1 atom stereocenters. The van der Waals surface area contributed by atoms with Gasteiger partial charge in [-0.15, -0.1) is 0 Å². The van der Waals surface area contributed by atoms with Crippen molar-refractivity contribution < 1.29 is 14.3 Å². The highest BCUT2D eigenvalue weighted by Crippen LogP contribution is 2.14. The molecule has 0 bridgehead atoms. The van der Waals surface area contributed by atoms with Crippen molar-refractivity contribution in [2.24, 2.45) is 0 Å². The van der Waals surface area contributed by atoms with E-state index in [1.54, 1.807) is 6.26 Å². The molecule has 17 heavy (non-hydrogen) atoms. The molecule has 0 aliphatic heterocycles. The Morgan fingerprint density at radius 1 is 1.35 bits per heavy atom. The smallest absolute Gasteiger partial charge is 0.371 e. The van der Waals surface area contributed by atoms with Gasteiger partial charge >= 0.3 is 5.30 Å². The molecule has 1 aromatic carbocycles. The predicted molar refractivity (Wildman–Crippen MR) is 73.0 cm³/mol. The van der Waals surface area contributed by atoms with Gasteiger partial charge in [0, 0.05) is 0 Å². The number of rotatable bonds is 4. The van der Waals surface area contributed by atoms with E-state index in [9.17, 15) is 4.79 Å². The maximum absolute atomic E-state index is 11.2. The third kappa shape index (κ3) is 5.28. The molecule has 3 nitrogen and oxygen atoms in total. The fourth-order valence-corrected chi connectivity index (χ4v) is 1.53. The van der Waals surface area contributed by atoms with Gasteiger partial charge < -0.3 is 9.47 Å². The lowest BCUT2D eigenvalue weighted by Crippen LogP contribution is -2.07. The molecule has 1 rings (SSSR count).